The Bertz CT molecular complexity index is 577. The van der Waals surface area contributed by atoms with E-state index >= 15 is 0 Å². The van der Waals surface area contributed by atoms with Crippen molar-refractivity contribution in [3.8, 4) is 5.75 Å². The van der Waals surface area contributed by atoms with Gasteiger partial charge in [-0.05, 0) is 42.7 Å². The first-order valence-corrected chi connectivity index (χ1v) is 7.43. The number of rotatable bonds is 5. The van der Waals surface area contributed by atoms with Crippen LogP contribution in [0.3, 0.4) is 0 Å². The summed E-state index contributed by atoms with van der Waals surface area (Å²) in [6, 6.07) is 12.2. The van der Waals surface area contributed by atoms with E-state index in [9.17, 15) is 0 Å². The smallest absolute Gasteiger partial charge is 0.151 e. The molecule has 0 amide bonds. The summed E-state index contributed by atoms with van der Waals surface area (Å²) in [5, 5.41) is 3.50. The van der Waals surface area contributed by atoms with Gasteiger partial charge in [0, 0.05) is 25.8 Å². The standard InChI is InChI=1S/C17H21N3O/c1-21-15-8-6-14(7-9-15)13-19-16-5-4-10-18-17(16)20-11-2-3-12-20/h4-10,19H,2-3,11-13H2,1H3. The van der Waals surface area contributed by atoms with Crippen molar-refractivity contribution in [3.05, 3.63) is 48.2 Å². The van der Waals surface area contributed by atoms with Crippen LogP contribution in [0.15, 0.2) is 42.6 Å². The zero-order valence-electron chi connectivity index (χ0n) is 12.4. The minimum atomic E-state index is 0.788. The molecule has 4 nitrogen and oxygen atoms in total. The van der Waals surface area contributed by atoms with Crippen molar-refractivity contribution in [1.82, 2.24) is 4.98 Å². The van der Waals surface area contributed by atoms with E-state index < -0.39 is 0 Å². The molecule has 1 aromatic heterocycles. The average Bonchev–Trinajstić information content (AvgIpc) is 3.08. The fourth-order valence-corrected chi connectivity index (χ4v) is 2.66. The van der Waals surface area contributed by atoms with Crippen molar-refractivity contribution in [3.63, 3.8) is 0 Å². The molecule has 3 rings (SSSR count). The van der Waals surface area contributed by atoms with Gasteiger partial charge in [0.2, 0.25) is 0 Å². The third kappa shape index (κ3) is 3.27. The van der Waals surface area contributed by atoms with Gasteiger partial charge in [-0.3, -0.25) is 0 Å². The molecule has 4 heteroatoms. The predicted molar refractivity (Wildman–Crippen MR) is 86.0 cm³/mol. The molecular weight excluding hydrogens is 262 g/mol. The molecule has 0 bridgehead atoms. The van der Waals surface area contributed by atoms with Crippen molar-refractivity contribution in [2.75, 3.05) is 30.4 Å². The molecule has 1 N–H and O–H groups in total. The average molecular weight is 283 g/mol. The fraction of sp³-hybridized carbons (Fsp3) is 0.353. The molecule has 21 heavy (non-hydrogen) atoms. The molecule has 110 valence electrons. The lowest BCUT2D eigenvalue weighted by atomic mass is 10.2. The number of nitrogens with one attached hydrogen (secondary N) is 1. The van der Waals surface area contributed by atoms with Crippen LogP contribution in [0.2, 0.25) is 0 Å². The van der Waals surface area contributed by atoms with Crippen molar-refractivity contribution >= 4 is 11.5 Å². The molecule has 0 spiro atoms. The largest absolute Gasteiger partial charge is 0.497 e. The van der Waals surface area contributed by atoms with Crippen molar-refractivity contribution < 1.29 is 4.74 Å². The number of methoxy groups -OCH3 is 1. The zero-order chi connectivity index (χ0) is 14.5. The van der Waals surface area contributed by atoms with Gasteiger partial charge >= 0.3 is 0 Å². The fourth-order valence-electron chi connectivity index (χ4n) is 2.66. The Hall–Kier alpha value is -2.23. The number of ether oxygens (including phenoxy) is 1. The summed E-state index contributed by atoms with van der Waals surface area (Å²) in [5.74, 6) is 1.96. The summed E-state index contributed by atoms with van der Waals surface area (Å²) >= 11 is 0. The quantitative estimate of drug-likeness (QED) is 0.913. The number of pyridine rings is 1. The Morgan fingerprint density at radius 2 is 1.90 bits per heavy atom. The molecule has 1 aromatic carbocycles. The molecule has 0 saturated carbocycles. The highest BCUT2D eigenvalue weighted by atomic mass is 16.5. The predicted octanol–water partition coefficient (Wildman–Crippen LogP) is 3.30. The van der Waals surface area contributed by atoms with Crippen LogP contribution < -0.4 is 15.0 Å². The summed E-state index contributed by atoms with van der Waals surface area (Å²) in [6.45, 7) is 3.00. The van der Waals surface area contributed by atoms with Crippen LogP contribution in [0, 0.1) is 0 Å². The third-order valence-electron chi connectivity index (χ3n) is 3.83. The molecular formula is C17H21N3O. The van der Waals surface area contributed by atoms with Gasteiger partial charge in [-0.25, -0.2) is 4.98 Å². The molecule has 2 heterocycles. The minimum absolute atomic E-state index is 0.788. The van der Waals surface area contributed by atoms with Crippen LogP contribution in [0.25, 0.3) is 0 Å². The molecule has 0 aliphatic carbocycles. The molecule has 0 atom stereocenters. The third-order valence-corrected chi connectivity index (χ3v) is 3.83. The molecule has 1 aliphatic rings. The van der Waals surface area contributed by atoms with Gasteiger partial charge in [-0.2, -0.15) is 0 Å². The first kappa shape index (κ1) is 13.7. The molecule has 1 fully saturated rings. The first-order chi connectivity index (χ1) is 10.4. The van der Waals surface area contributed by atoms with Gasteiger partial charge in [0.1, 0.15) is 5.75 Å². The van der Waals surface area contributed by atoms with Gasteiger partial charge in [-0.15, -0.1) is 0 Å². The van der Waals surface area contributed by atoms with E-state index in [4.69, 9.17) is 4.74 Å². The number of hydrogen-bond donors (Lipinski definition) is 1. The highest BCUT2D eigenvalue weighted by Crippen LogP contribution is 2.26. The van der Waals surface area contributed by atoms with Gasteiger partial charge in [-0.1, -0.05) is 12.1 Å². The lowest BCUT2D eigenvalue weighted by molar-refractivity contribution is 0.414. The van der Waals surface area contributed by atoms with E-state index in [0.717, 1.165) is 36.9 Å². The van der Waals surface area contributed by atoms with Crippen molar-refractivity contribution in [2.24, 2.45) is 0 Å². The monoisotopic (exact) mass is 283 g/mol. The normalized spacial score (nSPS) is 14.2. The summed E-state index contributed by atoms with van der Waals surface area (Å²) in [5.41, 5.74) is 2.34. The van der Waals surface area contributed by atoms with E-state index in [1.807, 2.05) is 24.4 Å². The molecule has 1 aliphatic heterocycles. The topological polar surface area (TPSA) is 37.4 Å². The van der Waals surface area contributed by atoms with E-state index in [-0.39, 0.29) is 0 Å². The van der Waals surface area contributed by atoms with Crippen LogP contribution in [0.1, 0.15) is 18.4 Å². The summed E-state index contributed by atoms with van der Waals surface area (Å²) < 4.78 is 5.18. The minimum Gasteiger partial charge on any atom is -0.497 e. The van der Waals surface area contributed by atoms with Crippen molar-refractivity contribution in [2.45, 2.75) is 19.4 Å². The first-order valence-electron chi connectivity index (χ1n) is 7.43. The Balaban J connectivity index is 1.69. The van der Waals surface area contributed by atoms with E-state index in [1.54, 1.807) is 7.11 Å². The second-order valence-corrected chi connectivity index (χ2v) is 5.27. The molecule has 1 saturated heterocycles. The van der Waals surface area contributed by atoms with Crippen LogP contribution in [-0.2, 0) is 6.54 Å². The number of hydrogen-bond acceptors (Lipinski definition) is 4. The van der Waals surface area contributed by atoms with Gasteiger partial charge in [0.05, 0.1) is 12.8 Å². The lowest BCUT2D eigenvalue weighted by Crippen LogP contribution is -2.20. The molecule has 0 unspecified atom stereocenters. The number of benzene rings is 1. The van der Waals surface area contributed by atoms with Crippen molar-refractivity contribution in [1.29, 1.82) is 0 Å². The van der Waals surface area contributed by atoms with E-state index in [2.05, 4.69) is 33.4 Å². The Morgan fingerprint density at radius 3 is 2.62 bits per heavy atom. The Kier molecular flexibility index (Phi) is 4.24. The summed E-state index contributed by atoms with van der Waals surface area (Å²) in [7, 11) is 1.69. The zero-order valence-corrected chi connectivity index (χ0v) is 12.4. The van der Waals surface area contributed by atoms with Crippen LogP contribution in [-0.4, -0.2) is 25.2 Å². The van der Waals surface area contributed by atoms with Crippen LogP contribution >= 0.6 is 0 Å². The number of aromatic nitrogens is 1. The highest BCUT2D eigenvalue weighted by molar-refractivity contribution is 5.65. The van der Waals surface area contributed by atoms with Crippen LogP contribution in [0.5, 0.6) is 5.75 Å². The van der Waals surface area contributed by atoms with Gasteiger partial charge < -0.3 is 15.0 Å². The van der Waals surface area contributed by atoms with E-state index in [0.29, 0.717) is 0 Å². The lowest BCUT2D eigenvalue weighted by Gasteiger charge is -2.20. The van der Waals surface area contributed by atoms with Crippen LogP contribution in [0.4, 0.5) is 11.5 Å². The Labute approximate surface area is 125 Å². The number of nitrogens with zero attached hydrogens (tertiary/aromatic N) is 2. The maximum Gasteiger partial charge on any atom is 0.151 e. The maximum absolute atomic E-state index is 5.18. The second-order valence-electron chi connectivity index (χ2n) is 5.27. The van der Waals surface area contributed by atoms with Gasteiger partial charge in [0.15, 0.2) is 5.82 Å². The van der Waals surface area contributed by atoms with Gasteiger partial charge in [0.25, 0.3) is 0 Å². The Morgan fingerprint density at radius 1 is 1.14 bits per heavy atom. The molecule has 0 radical (unpaired) electrons. The maximum atomic E-state index is 5.18. The SMILES string of the molecule is COc1ccc(CNc2cccnc2N2CCCC2)cc1. The summed E-state index contributed by atoms with van der Waals surface area (Å²) in [6.07, 6.45) is 4.38. The van der Waals surface area contributed by atoms with E-state index in [1.165, 1.54) is 18.4 Å². The number of anilines is 2. The highest BCUT2D eigenvalue weighted by Gasteiger charge is 2.16. The second kappa shape index (κ2) is 6.48. The summed E-state index contributed by atoms with van der Waals surface area (Å²) in [4.78, 5) is 6.90. The molecule has 2 aromatic rings.